The summed E-state index contributed by atoms with van der Waals surface area (Å²) >= 11 is 1.38. The molecular formula is C23H26N4O3S2. The van der Waals surface area contributed by atoms with Crippen molar-refractivity contribution in [1.82, 2.24) is 13.9 Å². The number of rotatable bonds is 8. The van der Waals surface area contributed by atoms with Crippen LogP contribution in [0.4, 0.5) is 5.69 Å². The van der Waals surface area contributed by atoms with Crippen LogP contribution in [-0.4, -0.2) is 46.5 Å². The molecule has 1 amide bonds. The predicted octanol–water partition coefficient (Wildman–Crippen LogP) is 4.13. The van der Waals surface area contributed by atoms with E-state index in [1.165, 1.54) is 16.1 Å². The Bertz CT molecular complexity index is 1230. The summed E-state index contributed by atoms with van der Waals surface area (Å²) in [6.45, 7) is 7.37. The van der Waals surface area contributed by atoms with Crippen molar-refractivity contribution in [2.45, 2.75) is 41.6 Å². The Hall–Kier alpha value is -2.62. The molecule has 1 N–H and O–H groups in total. The van der Waals surface area contributed by atoms with Gasteiger partial charge in [0, 0.05) is 25.3 Å². The van der Waals surface area contributed by atoms with E-state index in [0.29, 0.717) is 25.3 Å². The Morgan fingerprint density at radius 1 is 1.19 bits per heavy atom. The lowest BCUT2D eigenvalue weighted by molar-refractivity contribution is -0.115. The highest BCUT2D eigenvalue weighted by Crippen LogP contribution is 2.28. The number of fused-ring (bicyclic) bond motifs is 1. The molecule has 0 bridgehead atoms. The van der Waals surface area contributed by atoms with Gasteiger partial charge in [-0.05, 0) is 56.2 Å². The lowest BCUT2D eigenvalue weighted by Crippen LogP contribution is -2.27. The van der Waals surface area contributed by atoms with Gasteiger partial charge < -0.3 is 9.88 Å². The maximum Gasteiger partial charge on any atom is 0.243 e. The van der Waals surface area contributed by atoms with Crippen molar-refractivity contribution in [2.24, 2.45) is 0 Å². The average molecular weight is 471 g/mol. The highest BCUT2D eigenvalue weighted by atomic mass is 32.2. The highest BCUT2D eigenvalue weighted by molar-refractivity contribution is 8.00. The molecule has 0 radical (unpaired) electrons. The molecule has 0 unspecified atom stereocenters. The molecule has 7 nitrogen and oxygen atoms in total. The van der Waals surface area contributed by atoms with E-state index in [1.54, 1.807) is 30.3 Å². The Morgan fingerprint density at radius 3 is 2.56 bits per heavy atom. The Morgan fingerprint density at radius 2 is 1.88 bits per heavy atom. The van der Waals surface area contributed by atoms with Crippen LogP contribution in [0.2, 0.25) is 0 Å². The number of sulfonamides is 1. The van der Waals surface area contributed by atoms with Crippen LogP contribution in [0.25, 0.3) is 11.0 Å². The van der Waals surface area contributed by atoms with Gasteiger partial charge in [0.05, 0.1) is 21.2 Å². The Kier molecular flexibility index (Phi) is 6.68. The second-order valence-corrected chi connectivity index (χ2v) is 10.9. The summed E-state index contributed by atoms with van der Waals surface area (Å²) < 4.78 is 28.9. The van der Waals surface area contributed by atoms with Crippen LogP contribution in [0.1, 0.15) is 19.8 Å². The summed E-state index contributed by atoms with van der Waals surface area (Å²) in [7, 11) is -3.47. The van der Waals surface area contributed by atoms with E-state index in [0.717, 1.165) is 29.0 Å². The summed E-state index contributed by atoms with van der Waals surface area (Å²) in [4.78, 5) is 17.7. The summed E-state index contributed by atoms with van der Waals surface area (Å²) in [5.41, 5.74) is 2.43. The van der Waals surface area contributed by atoms with Crippen molar-refractivity contribution in [3.63, 3.8) is 0 Å². The second kappa shape index (κ2) is 9.48. The number of amides is 1. The zero-order chi connectivity index (χ0) is 22.7. The molecule has 1 aliphatic heterocycles. The predicted molar refractivity (Wildman–Crippen MR) is 128 cm³/mol. The van der Waals surface area contributed by atoms with Gasteiger partial charge in [-0.1, -0.05) is 30.0 Å². The molecule has 2 aromatic carbocycles. The highest BCUT2D eigenvalue weighted by Gasteiger charge is 2.27. The number of para-hydroxylation sites is 2. The molecule has 0 saturated carbocycles. The molecule has 4 rings (SSSR count). The quantitative estimate of drug-likeness (QED) is 0.395. The number of carbonyl (C=O) groups excluding carboxylic acids is 1. The molecule has 32 heavy (non-hydrogen) atoms. The fourth-order valence-corrected chi connectivity index (χ4v) is 6.14. The minimum atomic E-state index is -3.47. The van der Waals surface area contributed by atoms with E-state index < -0.39 is 15.3 Å². The summed E-state index contributed by atoms with van der Waals surface area (Å²) in [6.07, 6.45) is 3.59. The first-order valence-corrected chi connectivity index (χ1v) is 12.9. The van der Waals surface area contributed by atoms with E-state index in [9.17, 15) is 13.2 Å². The van der Waals surface area contributed by atoms with E-state index in [4.69, 9.17) is 0 Å². The van der Waals surface area contributed by atoms with E-state index in [1.807, 2.05) is 35.8 Å². The van der Waals surface area contributed by atoms with Gasteiger partial charge in [0.15, 0.2) is 5.16 Å². The molecule has 1 saturated heterocycles. The number of aromatic nitrogens is 2. The number of nitrogens with one attached hydrogen (secondary N) is 1. The van der Waals surface area contributed by atoms with Gasteiger partial charge in [0.1, 0.15) is 0 Å². The maximum absolute atomic E-state index is 12.8. The molecule has 1 atom stereocenters. The van der Waals surface area contributed by atoms with E-state index in [2.05, 4.69) is 16.9 Å². The third-order valence-corrected chi connectivity index (χ3v) is 8.41. The Balaban J connectivity index is 1.45. The van der Waals surface area contributed by atoms with Gasteiger partial charge in [-0.15, -0.1) is 6.58 Å². The molecule has 1 aliphatic rings. The van der Waals surface area contributed by atoms with Crippen LogP contribution in [0.3, 0.4) is 0 Å². The summed E-state index contributed by atoms with van der Waals surface area (Å²) in [5.74, 6) is -0.178. The fourth-order valence-electron chi connectivity index (χ4n) is 3.69. The van der Waals surface area contributed by atoms with Gasteiger partial charge in [-0.3, -0.25) is 4.79 Å². The third-order valence-electron chi connectivity index (χ3n) is 5.41. The SMILES string of the molecule is C=CCn1c(S[C@H](C)C(=O)Nc2ccc(S(=O)(=O)N3CCCC3)cc2)nc2ccccc21. The maximum atomic E-state index is 12.8. The minimum absolute atomic E-state index is 0.178. The van der Waals surface area contributed by atoms with Gasteiger partial charge in [0.2, 0.25) is 15.9 Å². The van der Waals surface area contributed by atoms with Crippen molar-refractivity contribution < 1.29 is 13.2 Å². The molecule has 0 spiro atoms. The number of hydrogen-bond acceptors (Lipinski definition) is 5. The van der Waals surface area contributed by atoms with Gasteiger partial charge in [-0.25, -0.2) is 13.4 Å². The van der Waals surface area contributed by atoms with Crippen LogP contribution in [0.15, 0.2) is 71.2 Å². The Labute approximate surface area is 192 Å². The monoisotopic (exact) mass is 470 g/mol. The average Bonchev–Trinajstić information content (AvgIpc) is 3.44. The molecule has 0 aliphatic carbocycles. The molecular weight excluding hydrogens is 444 g/mol. The third kappa shape index (κ3) is 4.60. The molecule has 9 heteroatoms. The van der Waals surface area contributed by atoms with Crippen LogP contribution >= 0.6 is 11.8 Å². The zero-order valence-electron chi connectivity index (χ0n) is 17.9. The van der Waals surface area contributed by atoms with Crippen molar-refractivity contribution >= 4 is 44.4 Å². The fraction of sp³-hybridized carbons (Fsp3) is 0.304. The van der Waals surface area contributed by atoms with Gasteiger partial charge in [-0.2, -0.15) is 4.31 Å². The van der Waals surface area contributed by atoms with Crippen molar-refractivity contribution in [1.29, 1.82) is 0 Å². The number of hydrogen-bond donors (Lipinski definition) is 1. The molecule has 2 heterocycles. The number of thioether (sulfide) groups is 1. The van der Waals surface area contributed by atoms with Crippen molar-refractivity contribution in [2.75, 3.05) is 18.4 Å². The molecule has 168 valence electrons. The first-order valence-electron chi connectivity index (χ1n) is 10.5. The lowest BCUT2D eigenvalue weighted by atomic mass is 10.3. The lowest BCUT2D eigenvalue weighted by Gasteiger charge is -2.16. The smallest absolute Gasteiger partial charge is 0.243 e. The van der Waals surface area contributed by atoms with Crippen molar-refractivity contribution in [3.05, 3.63) is 61.2 Å². The number of imidazole rings is 1. The molecule has 3 aromatic rings. The van der Waals surface area contributed by atoms with E-state index >= 15 is 0 Å². The zero-order valence-corrected chi connectivity index (χ0v) is 19.5. The summed E-state index contributed by atoms with van der Waals surface area (Å²) in [5, 5.41) is 3.22. The first-order chi connectivity index (χ1) is 15.4. The van der Waals surface area contributed by atoms with Gasteiger partial charge >= 0.3 is 0 Å². The second-order valence-electron chi connectivity index (χ2n) is 7.67. The van der Waals surface area contributed by atoms with Gasteiger partial charge in [0.25, 0.3) is 0 Å². The molecule has 1 fully saturated rings. The number of carbonyl (C=O) groups is 1. The van der Waals surface area contributed by atoms with Crippen molar-refractivity contribution in [3.8, 4) is 0 Å². The summed E-state index contributed by atoms with van der Waals surface area (Å²) in [6, 6.07) is 14.2. The van der Waals surface area contributed by atoms with Crippen LogP contribution in [-0.2, 0) is 21.4 Å². The standard InChI is InChI=1S/C23H26N4O3S2/c1-3-14-27-21-9-5-4-8-20(21)25-23(27)31-17(2)22(28)24-18-10-12-19(13-11-18)32(29,30)26-15-6-7-16-26/h3-5,8-13,17H,1,6-7,14-16H2,2H3,(H,24,28)/t17-/m1/s1. The number of nitrogens with zero attached hydrogens (tertiary/aromatic N) is 3. The topological polar surface area (TPSA) is 84.3 Å². The van der Waals surface area contributed by atoms with Crippen LogP contribution < -0.4 is 5.32 Å². The normalized spacial score (nSPS) is 15.7. The largest absolute Gasteiger partial charge is 0.325 e. The number of anilines is 1. The molecule has 1 aromatic heterocycles. The van der Waals surface area contributed by atoms with Crippen LogP contribution in [0.5, 0.6) is 0 Å². The number of benzene rings is 2. The minimum Gasteiger partial charge on any atom is -0.325 e. The van der Waals surface area contributed by atoms with Crippen LogP contribution in [0, 0.1) is 0 Å². The number of allylic oxidation sites excluding steroid dienone is 1. The van der Waals surface area contributed by atoms with E-state index in [-0.39, 0.29) is 10.8 Å². The first kappa shape index (κ1) is 22.6.